The van der Waals surface area contributed by atoms with Crippen molar-refractivity contribution in [1.82, 2.24) is 0 Å². The normalized spacial score (nSPS) is 11.2. The molecule has 0 bridgehead atoms. The number of esters is 1. The van der Waals surface area contributed by atoms with Crippen LogP contribution in [-0.4, -0.2) is 25.4 Å². The minimum absolute atomic E-state index is 0.201. The highest BCUT2D eigenvalue weighted by atomic mass is 79.9. The molecule has 0 fully saturated rings. The van der Waals surface area contributed by atoms with E-state index in [4.69, 9.17) is 9.47 Å². The molecule has 0 aromatic heterocycles. The first kappa shape index (κ1) is 14.7. The summed E-state index contributed by atoms with van der Waals surface area (Å²) >= 11 is 3.37. The fourth-order valence-electron chi connectivity index (χ4n) is 1.40. The summed E-state index contributed by atoms with van der Waals surface area (Å²) in [7, 11) is 1.60. The zero-order valence-corrected chi connectivity index (χ0v) is 12.3. The Bertz CT molecular complexity index is 458. The van der Waals surface area contributed by atoms with Crippen molar-refractivity contribution in [1.29, 1.82) is 0 Å². The molecule has 1 aromatic rings. The largest absolute Gasteiger partial charge is 0.495 e. The smallest absolute Gasteiger partial charge is 0.311 e. The Labute approximate surface area is 115 Å². The van der Waals surface area contributed by atoms with Crippen molar-refractivity contribution < 1.29 is 14.3 Å². The molecule has 5 heteroatoms. The number of hydrogen-bond donors (Lipinski definition) is 0. The third-order valence-corrected chi connectivity index (χ3v) is 2.82. The Morgan fingerprint density at radius 2 is 2.17 bits per heavy atom. The number of halogens is 1. The van der Waals surface area contributed by atoms with E-state index in [-0.39, 0.29) is 12.4 Å². The first-order valence-corrected chi connectivity index (χ1v) is 6.39. The summed E-state index contributed by atoms with van der Waals surface area (Å²) in [6.07, 6.45) is 0.201. The molecule has 0 saturated heterocycles. The molecule has 1 aromatic carbocycles. The van der Waals surface area contributed by atoms with E-state index in [1.165, 1.54) is 0 Å². The highest BCUT2D eigenvalue weighted by Gasteiger charge is 2.05. The third-order valence-electron chi connectivity index (χ3n) is 2.16. The van der Waals surface area contributed by atoms with Crippen LogP contribution in [-0.2, 0) is 9.53 Å². The van der Waals surface area contributed by atoms with Gasteiger partial charge in [-0.2, -0.15) is 0 Å². The van der Waals surface area contributed by atoms with Gasteiger partial charge in [0.1, 0.15) is 5.75 Å². The van der Waals surface area contributed by atoms with Crippen LogP contribution < -0.4 is 4.74 Å². The molecule has 98 valence electrons. The summed E-state index contributed by atoms with van der Waals surface area (Å²) in [5.74, 6) is 0.447. The number of methoxy groups -OCH3 is 1. The Balaban J connectivity index is 2.79. The summed E-state index contributed by atoms with van der Waals surface area (Å²) in [6, 6.07) is 5.51. The zero-order chi connectivity index (χ0) is 13.5. The molecule has 0 heterocycles. The van der Waals surface area contributed by atoms with E-state index in [0.29, 0.717) is 18.1 Å². The van der Waals surface area contributed by atoms with Gasteiger partial charge in [0, 0.05) is 11.8 Å². The van der Waals surface area contributed by atoms with Crippen LogP contribution in [0.25, 0.3) is 0 Å². The van der Waals surface area contributed by atoms with Crippen LogP contribution in [0.4, 0.5) is 5.69 Å². The van der Waals surface area contributed by atoms with Crippen molar-refractivity contribution in [3.63, 3.8) is 0 Å². The Hall–Kier alpha value is -1.36. The summed E-state index contributed by atoms with van der Waals surface area (Å²) in [5.41, 5.74) is 1.45. The lowest BCUT2D eigenvalue weighted by molar-refractivity contribution is -0.141. The number of ether oxygens (including phenoxy) is 2. The first-order chi connectivity index (χ1) is 8.56. The van der Waals surface area contributed by atoms with E-state index >= 15 is 0 Å². The Morgan fingerprint density at radius 3 is 2.78 bits per heavy atom. The lowest BCUT2D eigenvalue weighted by atomic mass is 10.2. The molecule has 0 spiro atoms. The van der Waals surface area contributed by atoms with Gasteiger partial charge in [0.25, 0.3) is 0 Å². The van der Waals surface area contributed by atoms with Crippen molar-refractivity contribution in [2.24, 2.45) is 4.99 Å². The number of rotatable bonds is 5. The zero-order valence-electron chi connectivity index (χ0n) is 10.7. The van der Waals surface area contributed by atoms with Gasteiger partial charge >= 0.3 is 5.97 Å². The highest BCUT2D eigenvalue weighted by molar-refractivity contribution is 9.10. The lowest BCUT2D eigenvalue weighted by Crippen LogP contribution is -2.08. The summed E-state index contributed by atoms with van der Waals surface area (Å²) < 4.78 is 10.9. The molecule has 0 N–H and O–H groups in total. The monoisotopic (exact) mass is 313 g/mol. The van der Waals surface area contributed by atoms with Crippen molar-refractivity contribution in [3.8, 4) is 5.75 Å². The molecule has 0 radical (unpaired) electrons. The molecule has 0 aliphatic carbocycles. The molecule has 0 unspecified atom stereocenters. The number of carbonyl (C=O) groups excluding carboxylic acids is 1. The summed E-state index contributed by atoms with van der Waals surface area (Å²) in [4.78, 5) is 15.6. The fourth-order valence-corrected chi connectivity index (χ4v) is 1.81. The van der Waals surface area contributed by atoms with Crippen LogP contribution in [0.1, 0.15) is 20.3 Å². The molecule has 0 saturated carbocycles. The van der Waals surface area contributed by atoms with Gasteiger partial charge in [0.05, 0.1) is 30.3 Å². The van der Waals surface area contributed by atoms with Crippen LogP contribution in [0.2, 0.25) is 0 Å². The van der Waals surface area contributed by atoms with E-state index in [1.54, 1.807) is 27.0 Å². The first-order valence-electron chi connectivity index (χ1n) is 5.60. The molecule has 4 nitrogen and oxygen atoms in total. The average molecular weight is 314 g/mol. The van der Waals surface area contributed by atoms with Gasteiger partial charge in [0.2, 0.25) is 0 Å². The molecule has 0 aliphatic rings. The van der Waals surface area contributed by atoms with Crippen molar-refractivity contribution in [2.45, 2.75) is 20.3 Å². The second-order valence-electron chi connectivity index (χ2n) is 3.65. The van der Waals surface area contributed by atoms with Crippen LogP contribution in [0, 0.1) is 0 Å². The molecular formula is C13H16BrNO3. The number of carbonyl (C=O) groups is 1. The van der Waals surface area contributed by atoms with Crippen LogP contribution >= 0.6 is 15.9 Å². The van der Waals surface area contributed by atoms with Crippen molar-refractivity contribution >= 4 is 33.3 Å². The van der Waals surface area contributed by atoms with Crippen molar-refractivity contribution in [3.05, 3.63) is 22.7 Å². The minimum Gasteiger partial charge on any atom is -0.495 e. The SMILES string of the molecule is CCOC(=O)CC(C)=Nc1ccc(Br)c(OC)c1. The van der Waals surface area contributed by atoms with E-state index in [0.717, 1.165) is 10.2 Å². The number of aliphatic imine (C=N–C) groups is 1. The van der Waals surface area contributed by atoms with E-state index in [2.05, 4.69) is 20.9 Å². The van der Waals surface area contributed by atoms with Crippen LogP contribution in [0.15, 0.2) is 27.7 Å². The van der Waals surface area contributed by atoms with Gasteiger partial charge in [-0.05, 0) is 41.9 Å². The maximum absolute atomic E-state index is 11.3. The van der Waals surface area contributed by atoms with Gasteiger partial charge in [-0.15, -0.1) is 0 Å². The van der Waals surface area contributed by atoms with Crippen LogP contribution in [0.3, 0.4) is 0 Å². The van der Waals surface area contributed by atoms with E-state index in [9.17, 15) is 4.79 Å². The summed E-state index contributed by atoms with van der Waals surface area (Å²) in [5, 5.41) is 0. The predicted molar refractivity (Wildman–Crippen MR) is 74.7 cm³/mol. The van der Waals surface area contributed by atoms with Gasteiger partial charge in [-0.1, -0.05) is 0 Å². The second-order valence-corrected chi connectivity index (χ2v) is 4.50. The topological polar surface area (TPSA) is 47.9 Å². The van der Waals surface area contributed by atoms with Gasteiger partial charge < -0.3 is 9.47 Å². The van der Waals surface area contributed by atoms with Gasteiger partial charge in [-0.3, -0.25) is 9.79 Å². The minimum atomic E-state index is -0.261. The van der Waals surface area contributed by atoms with E-state index < -0.39 is 0 Å². The maximum Gasteiger partial charge on any atom is 0.311 e. The average Bonchev–Trinajstić information content (AvgIpc) is 2.31. The van der Waals surface area contributed by atoms with Crippen LogP contribution in [0.5, 0.6) is 5.75 Å². The molecule has 0 aliphatic heterocycles. The quantitative estimate of drug-likeness (QED) is 0.617. The maximum atomic E-state index is 11.3. The molecule has 18 heavy (non-hydrogen) atoms. The second kappa shape index (κ2) is 7.16. The Kier molecular flexibility index (Phi) is 5.85. The molecule has 0 atom stereocenters. The summed E-state index contributed by atoms with van der Waals surface area (Å²) in [6.45, 7) is 3.97. The molecular weight excluding hydrogens is 298 g/mol. The lowest BCUT2D eigenvalue weighted by Gasteiger charge is -2.05. The Morgan fingerprint density at radius 1 is 1.44 bits per heavy atom. The number of nitrogens with zero attached hydrogens (tertiary/aromatic N) is 1. The standard InChI is InChI=1S/C13H16BrNO3/c1-4-18-13(16)7-9(2)15-10-5-6-11(14)12(8-10)17-3/h5-6,8H,4,7H2,1-3H3. The van der Waals surface area contributed by atoms with Gasteiger partial charge in [-0.25, -0.2) is 0 Å². The molecule has 1 rings (SSSR count). The fraction of sp³-hybridized carbons (Fsp3) is 0.385. The third kappa shape index (κ3) is 4.49. The number of benzene rings is 1. The predicted octanol–water partition coefficient (Wildman–Crippen LogP) is 3.50. The van der Waals surface area contributed by atoms with Crippen molar-refractivity contribution in [2.75, 3.05) is 13.7 Å². The molecule has 0 amide bonds. The number of hydrogen-bond acceptors (Lipinski definition) is 4. The highest BCUT2D eigenvalue weighted by Crippen LogP contribution is 2.29. The van der Waals surface area contributed by atoms with E-state index in [1.807, 2.05) is 12.1 Å². The van der Waals surface area contributed by atoms with Gasteiger partial charge in [0.15, 0.2) is 0 Å².